The highest BCUT2D eigenvalue weighted by Crippen LogP contribution is 2.19. The van der Waals surface area contributed by atoms with Gasteiger partial charge in [0.05, 0.1) is 0 Å². The summed E-state index contributed by atoms with van der Waals surface area (Å²) in [7, 11) is 0. The summed E-state index contributed by atoms with van der Waals surface area (Å²) in [5.41, 5.74) is 2.21. The van der Waals surface area contributed by atoms with Crippen molar-refractivity contribution < 1.29 is 4.79 Å². The van der Waals surface area contributed by atoms with Crippen LogP contribution in [0.5, 0.6) is 0 Å². The Labute approximate surface area is 142 Å². The summed E-state index contributed by atoms with van der Waals surface area (Å²) in [6.45, 7) is 0. The molecule has 1 amide bonds. The van der Waals surface area contributed by atoms with Crippen molar-refractivity contribution in [2.24, 2.45) is 0 Å². The smallest absolute Gasteiger partial charge is 0.255 e. The summed E-state index contributed by atoms with van der Waals surface area (Å²) in [6, 6.07) is 20.5. The van der Waals surface area contributed by atoms with Crippen molar-refractivity contribution in [2.45, 2.75) is 0 Å². The number of hydrogen-bond acceptors (Lipinski definition) is 3. The topological polar surface area (TPSA) is 54.0 Å². The van der Waals surface area contributed by atoms with Gasteiger partial charge in [-0.3, -0.25) is 4.79 Å². The fourth-order valence-corrected chi connectivity index (χ4v) is 2.31. The molecule has 2 aromatic carbocycles. The van der Waals surface area contributed by atoms with E-state index in [2.05, 4.69) is 31.5 Å². The molecule has 0 spiro atoms. The number of rotatable bonds is 4. The third-order valence-electron chi connectivity index (χ3n) is 3.17. The van der Waals surface area contributed by atoms with Crippen molar-refractivity contribution in [1.82, 2.24) is 4.98 Å². The zero-order valence-electron chi connectivity index (χ0n) is 12.2. The van der Waals surface area contributed by atoms with Crippen LogP contribution >= 0.6 is 15.9 Å². The third-order valence-corrected chi connectivity index (χ3v) is 3.70. The van der Waals surface area contributed by atoms with Gasteiger partial charge in [-0.15, -0.1) is 0 Å². The highest BCUT2D eigenvalue weighted by molar-refractivity contribution is 9.10. The lowest BCUT2D eigenvalue weighted by Gasteiger charge is -2.08. The van der Waals surface area contributed by atoms with Gasteiger partial charge in [0, 0.05) is 27.6 Å². The Balaban J connectivity index is 1.74. The van der Waals surface area contributed by atoms with Crippen LogP contribution in [0.15, 0.2) is 77.4 Å². The van der Waals surface area contributed by atoms with E-state index >= 15 is 0 Å². The predicted molar refractivity (Wildman–Crippen MR) is 96.1 cm³/mol. The van der Waals surface area contributed by atoms with Gasteiger partial charge in [0.1, 0.15) is 5.82 Å². The van der Waals surface area contributed by atoms with Gasteiger partial charge in [-0.05, 0) is 48.5 Å². The second kappa shape index (κ2) is 7.07. The molecular weight excluding hydrogens is 354 g/mol. The largest absolute Gasteiger partial charge is 0.340 e. The number of carbonyl (C=O) groups is 1. The first-order chi connectivity index (χ1) is 11.2. The quantitative estimate of drug-likeness (QED) is 0.693. The average molecular weight is 368 g/mol. The average Bonchev–Trinajstić information content (AvgIpc) is 2.58. The first kappa shape index (κ1) is 15.2. The molecule has 0 aliphatic rings. The number of hydrogen-bond donors (Lipinski definition) is 2. The van der Waals surface area contributed by atoms with Crippen LogP contribution in [0.25, 0.3) is 0 Å². The molecule has 4 nitrogen and oxygen atoms in total. The van der Waals surface area contributed by atoms with Gasteiger partial charge in [-0.25, -0.2) is 4.98 Å². The number of pyridine rings is 1. The lowest BCUT2D eigenvalue weighted by Crippen LogP contribution is -2.12. The number of carbonyl (C=O) groups excluding carboxylic acids is 1. The van der Waals surface area contributed by atoms with Gasteiger partial charge in [0.2, 0.25) is 0 Å². The fourth-order valence-electron chi connectivity index (χ4n) is 2.05. The number of aromatic nitrogens is 1. The molecule has 3 aromatic rings. The van der Waals surface area contributed by atoms with E-state index in [0.717, 1.165) is 15.8 Å². The van der Waals surface area contributed by atoms with E-state index in [0.29, 0.717) is 11.4 Å². The number of amides is 1. The van der Waals surface area contributed by atoms with Crippen molar-refractivity contribution in [1.29, 1.82) is 0 Å². The minimum atomic E-state index is -0.169. The number of anilines is 3. The molecule has 0 atom stereocenters. The number of para-hydroxylation sites is 1. The van der Waals surface area contributed by atoms with Crippen LogP contribution in [0.1, 0.15) is 10.4 Å². The SMILES string of the molecule is O=C(Nc1ccccc1)c1ccnc(Nc2ccc(Br)cc2)c1. The standard InChI is InChI=1S/C18H14BrN3O/c19-14-6-8-16(9-7-14)21-17-12-13(10-11-20-17)18(23)22-15-4-2-1-3-5-15/h1-12H,(H,20,21)(H,22,23). The molecule has 0 aliphatic carbocycles. The Hall–Kier alpha value is -2.66. The summed E-state index contributed by atoms with van der Waals surface area (Å²) in [4.78, 5) is 16.5. The monoisotopic (exact) mass is 367 g/mol. The summed E-state index contributed by atoms with van der Waals surface area (Å²) in [5.74, 6) is 0.450. The minimum Gasteiger partial charge on any atom is -0.340 e. The Bertz CT molecular complexity index is 804. The maximum atomic E-state index is 12.3. The van der Waals surface area contributed by atoms with Crippen molar-refractivity contribution >= 4 is 39.0 Å². The van der Waals surface area contributed by atoms with E-state index in [1.54, 1.807) is 18.3 Å². The van der Waals surface area contributed by atoms with Crippen LogP contribution in [0, 0.1) is 0 Å². The normalized spacial score (nSPS) is 10.1. The maximum absolute atomic E-state index is 12.3. The van der Waals surface area contributed by atoms with Crippen molar-refractivity contribution in [2.75, 3.05) is 10.6 Å². The van der Waals surface area contributed by atoms with Crippen LogP contribution in [0.3, 0.4) is 0 Å². The lowest BCUT2D eigenvalue weighted by atomic mass is 10.2. The van der Waals surface area contributed by atoms with Crippen LogP contribution < -0.4 is 10.6 Å². The highest BCUT2D eigenvalue weighted by Gasteiger charge is 2.07. The van der Waals surface area contributed by atoms with Crippen molar-refractivity contribution in [3.63, 3.8) is 0 Å². The molecule has 0 radical (unpaired) electrons. The van der Waals surface area contributed by atoms with E-state index < -0.39 is 0 Å². The molecule has 0 saturated heterocycles. The molecule has 0 aliphatic heterocycles. The van der Waals surface area contributed by atoms with Crippen LogP contribution in [0.4, 0.5) is 17.2 Å². The summed E-state index contributed by atoms with van der Waals surface area (Å²) in [6.07, 6.45) is 1.61. The number of nitrogens with zero attached hydrogens (tertiary/aromatic N) is 1. The minimum absolute atomic E-state index is 0.169. The van der Waals surface area contributed by atoms with Gasteiger partial charge in [-0.2, -0.15) is 0 Å². The third kappa shape index (κ3) is 4.17. The highest BCUT2D eigenvalue weighted by atomic mass is 79.9. The van der Waals surface area contributed by atoms with Crippen LogP contribution in [0.2, 0.25) is 0 Å². The fraction of sp³-hybridized carbons (Fsp3) is 0. The van der Waals surface area contributed by atoms with Gasteiger partial charge in [0.15, 0.2) is 0 Å². The van der Waals surface area contributed by atoms with Crippen molar-refractivity contribution in [3.8, 4) is 0 Å². The number of benzene rings is 2. The molecule has 0 fully saturated rings. The van der Waals surface area contributed by atoms with E-state index in [-0.39, 0.29) is 5.91 Å². The maximum Gasteiger partial charge on any atom is 0.255 e. The van der Waals surface area contributed by atoms with E-state index in [1.165, 1.54) is 0 Å². The molecule has 1 heterocycles. The molecule has 2 N–H and O–H groups in total. The molecule has 3 rings (SSSR count). The Morgan fingerprint density at radius 3 is 2.39 bits per heavy atom. The Kier molecular flexibility index (Phi) is 4.68. The van der Waals surface area contributed by atoms with E-state index in [4.69, 9.17) is 0 Å². The predicted octanol–water partition coefficient (Wildman–Crippen LogP) is 4.84. The zero-order valence-corrected chi connectivity index (χ0v) is 13.7. The molecule has 23 heavy (non-hydrogen) atoms. The van der Waals surface area contributed by atoms with Crippen molar-refractivity contribution in [3.05, 3.63) is 83.0 Å². The Morgan fingerprint density at radius 2 is 1.65 bits per heavy atom. The molecule has 114 valence electrons. The second-order valence-corrected chi connectivity index (χ2v) is 5.80. The second-order valence-electron chi connectivity index (χ2n) is 4.88. The van der Waals surface area contributed by atoms with E-state index in [9.17, 15) is 4.79 Å². The lowest BCUT2D eigenvalue weighted by molar-refractivity contribution is 0.102. The number of nitrogens with one attached hydrogen (secondary N) is 2. The molecular formula is C18H14BrN3O. The van der Waals surface area contributed by atoms with Crippen LogP contribution in [-0.4, -0.2) is 10.9 Å². The molecule has 5 heteroatoms. The molecule has 0 unspecified atom stereocenters. The molecule has 1 aromatic heterocycles. The first-order valence-corrected chi connectivity index (χ1v) is 7.85. The van der Waals surface area contributed by atoms with Gasteiger partial charge in [-0.1, -0.05) is 34.1 Å². The summed E-state index contributed by atoms with van der Waals surface area (Å²) < 4.78 is 1.01. The summed E-state index contributed by atoms with van der Waals surface area (Å²) >= 11 is 3.40. The van der Waals surface area contributed by atoms with Gasteiger partial charge >= 0.3 is 0 Å². The summed E-state index contributed by atoms with van der Waals surface area (Å²) in [5, 5.41) is 6.03. The Morgan fingerprint density at radius 1 is 0.913 bits per heavy atom. The first-order valence-electron chi connectivity index (χ1n) is 7.06. The molecule has 0 saturated carbocycles. The van der Waals surface area contributed by atoms with Gasteiger partial charge in [0.25, 0.3) is 5.91 Å². The van der Waals surface area contributed by atoms with E-state index in [1.807, 2.05) is 54.6 Å². The molecule has 0 bridgehead atoms. The van der Waals surface area contributed by atoms with Gasteiger partial charge < -0.3 is 10.6 Å². The number of halogens is 1. The van der Waals surface area contributed by atoms with Crippen LogP contribution in [-0.2, 0) is 0 Å². The zero-order chi connectivity index (χ0) is 16.1.